The average Bonchev–Trinajstić information content (AvgIpc) is 2.59. The van der Waals surface area contributed by atoms with Crippen LogP contribution in [-0.4, -0.2) is 29.7 Å². The summed E-state index contributed by atoms with van der Waals surface area (Å²) in [6, 6.07) is 0. The van der Waals surface area contributed by atoms with Gasteiger partial charge in [-0.15, -0.1) is 0 Å². The second kappa shape index (κ2) is 4.87. The van der Waals surface area contributed by atoms with E-state index in [4.69, 9.17) is 5.73 Å². The van der Waals surface area contributed by atoms with Crippen LogP contribution in [0.25, 0.3) is 0 Å². The molecule has 0 aliphatic rings. The van der Waals surface area contributed by atoms with E-state index in [2.05, 4.69) is 48.5 Å². The van der Waals surface area contributed by atoms with Crippen molar-refractivity contribution in [1.29, 1.82) is 0 Å². The molecule has 0 amide bonds. The highest BCUT2D eigenvalue weighted by molar-refractivity contribution is 5.32. The molecule has 4 nitrogen and oxygen atoms in total. The fourth-order valence-electron chi connectivity index (χ4n) is 1.82. The molecule has 0 unspecified atom stereocenters. The summed E-state index contributed by atoms with van der Waals surface area (Å²) in [5.74, 6) is 1.01. The predicted molar refractivity (Wildman–Crippen MR) is 68.7 cm³/mol. The number of imidazole rings is 1. The van der Waals surface area contributed by atoms with Crippen LogP contribution in [0.4, 0.5) is 5.95 Å². The Hall–Kier alpha value is -1.03. The van der Waals surface area contributed by atoms with Gasteiger partial charge in [0.05, 0.1) is 5.69 Å². The van der Waals surface area contributed by atoms with Gasteiger partial charge in [-0.3, -0.25) is 0 Å². The zero-order valence-corrected chi connectivity index (χ0v) is 11.1. The van der Waals surface area contributed by atoms with Gasteiger partial charge in [-0.05, 0) is 18.4 Å². The van der Waals surface area contributed by atoms with Gasteiger partial charge in [-0.25, -0.2) is 4.98 Å². The molecule has 0 saturated carbocycles. The van der Waals surface area contributed by atoms with Crippen LogP contribution in [0.2, 0.25) is 0 Å². The van der Waals surface area contributed by atoms with Crippen molar-refractivity contribution in [3.63, 3.8) is 0 Å². The number of nitrogens with zero attached hydrogens (tertiary/aromatic N) is 3. The standard InChI is InChI=1S/C12H24N4/c1-6-10-7-15(4)11(14-10)16(5)9-12(2,3)8-13/h7H,6,8-9,13H2,1-5H3. The number of anilines is 1. The zero-order valence-electron chi connectivity index (χ0n) is 11.1. The summed E-state index contributed by atoms with van der Waals surface area (Å²) in [4.78, 5) is 6.77. The smallest absolute Gasteiger partial charge is 0.205 e. The van der Waals surface area contributed by atoms with Crippen molar-refractivity contribution in [2.75, 3.05) is 25.0 Å². The predicted octanol–water partition coefficient (Wildman–Crippen LogP) is 1.40. The maximum atomic E-state index is 5.75. The van der Waals surface area contributed by atoms with E-state index in [1.165, 1.54) is 0 Å². The van der Waals surface area contributed by atoms with Crippen molar-refractivity contribution in [2.24, 2.45) is 18.2 Å². The number of aryl methyl sites for hydroxylation is 2. The molecule has 1 heterocycles. The molecule has 1 rings (SSSR count). The van der Waals surface area contributed by atoms with Gasteiger partial charge in [0, 0.05) is 26.8 Å². The molecule has 0 bridgehead atoms. The van der Waals surface area contributed by atoms with Crippen LogP contribution in [0.5, 0.6) is 0 Å². The monoisotopic (exact) mass is 224 g/mol. The van der Waals surface area contributed by atoms with E-state index in [1.54, 1.807) is 0 Å². The minimum atomic E-state index is 0.118. The fourth-order valence-corrected chi connectivity index (χ4v) is 1.82. The first-order chi connectivity index (χ1) is 7.39. The third kappa shape index (κ3) is 2.98. The van der Waals surface area contributed by atoms with Crippen molar-refractivity contribution >= 4 is 5.95 Å². The van der Waals surface area contributed by atoms with Gasteiger partial charge < -0.3 is 15.2 Å². The molecule has 0 aromatic carbocycles. The Balaban J connectivity index is 2.80. The Labute approximate surface area is 98.5 Å². The largest absolute Gasteiger partial charge is 0.345 e. The Morgan fingerprint density at radius 3 is 2.56 bits per heavy atom. The lowest BCUT2D eigenvalue weighted by atomic mass is 9.93. The highest BCUT2D eigenvalue weighted by Gasteiger charge is 2.20. The molecule has 0 radical (unpaired) electrons. The number of rotatable bonds is 5. The van der Waals surface area contributed by atoms with E-state index < -0.39 is 0 Å². The van der Waals surface area contributed by atoms with Crippen molar-refractivity contribution < 1.29 is 0 Å². The highest BCUT2D eigenvalue weighted by Crippen LogP contribution is 2.19. The molecule has 0 fully saturated rings. The van der Waals surface area contributed by atoms with Crippen molar-refractivity contribution in [3.05, 3.63) is 11.9 Å². The van der Waals surface area contributed by atoms with Gasteiger partial charge >= 0.3 is 0 Å². The van der Waals surface area contributed by atoms with E-state index in [0.717, 1.165) is 24.6 Å². The molecular formula is C12H24N4. The lowest BCUT2D eigenvalue weighted by Crippen LogP contribution is -2.37. The molecule has 1 aromatic heterocycles. The molecule has 2 N–H and O–H groups in total. The molecule has 0 aliphatic heterocycles. The molecular weight excluding hydrogens is 200 g/mol. The fraction of sp³-hybridized carbons (Fsp3) is 0.750. The van der Waals surface area contributed by atoms with E-state index >= 15 is 0 Å². The third-order valence-corrected chi connectivity index (χ3v) is 2.82. The minimum absolute atomic E-state index is 0.118. The van der Waals surface area contributed by atoms with Crippen molar-refractivity contribution in [2.45, 2.75) is 27.2 Å². The van der Waals surface area contributed by atoms with Gasteiger partial charge in [-0.1, -0.05) is 20.8 Å². The molecule has 0 spiro atoms. The van der Waals surface area contributed by atoms with Crippen LogP contribution in [-0.2, 0) is 13.5 Å². The maximum absolute atomic E-state index is 5.75. The summed E-state index contributed by atoms with van der Waals surface area (Å²) >= 11 is 0. The summed E-state index contributed by atoms with van der Waals surface area (Å²) in [5.41, 5.74) is 7.00. The second-order valence-electron chi connectivity index (χ2n) is 5.22. The topological polar surface area (TPSA) is 47.1 Å². The van der Waals surface area contributed by atoms with Gasteiger partial charge in [0.15, 0.2) is 0 Å². The highest BCUT2D eigenvalue weighted by atomic mass is 15.3. The van der Waals surface area contributed by atoms with E-state index in [1.807, 2.05) is 7.05 Å². The quantitative estimate of drug-likeness (QED) is 0.822. The van der Waals surface area contributed by atoms with Crippen LogP contribution < -0.4 is 10.6 Å². The first-order valence-electron chi connectivity index (χ1n) is 5.83. The summed E-state index contributed by atoms with van der Waals surface area (Å²) in [7, 11) is 4.10. The lowest BCUT2D eigenvalue weighted by molar-refractivity contribution is 0.382. The second-order valence-corrected chi connectivity index (χ2v) is 5.22. The van der Waals surface area contributed by atoms with Crippen LogP contribution in [0.15, 0.2) is 6.20 Å². The third-order valence-electron chi connectivity index (χ3n) is 2.82. The maximum Gasteiger partial charge on any atom is 0.205 e. The van der Waals surface area contributed by atoms with Crippen LogP contribution in [0.1, 0.15) is 26.5 Å². The lowest BCUT2D eigenvalue weighted by Gasteiger charge is -2.29. The van der Waals surface area contributed by atoms with E-state index in [9.17, 15) is 0 Å². The number of nitrogens with two attached hydrogens (primary N) is 1. The minimum Gasteiger partial charge on any atom is -0.345 e. The van der Waals surface area contributed by atoms with Gasteiger partial charge in [0.1, 0.15) is 0 Å². The van der Waals surface area contributed by atoms with E-state index in [-0.39, 0.29) is 5.41 Å². The van der Waals surface area contributed by atoms with Crippen molar-refractivity contribution in [3.8, 4) is 0 Å². The first kappa shape index (κ1) is 13.0. The van der Waals surface area contributed by atoms with Gasteiger partial charge in [-0.2, -0.15) is 0 Å². The Kier molecular flexibility index (Phi) is 3.97. The molecule has 4 heteroatoms. The molecule has 0 atom stereocenters. The summed E-state index contributed by atoms with van der Waals surface area (Å²) in [5, 5.41) is 0. The summed E-state index contributed by atoms with van der Waals surface area (Å²) in [6.07, 6.45) is 3.06. The summed E-state index contributed by atoms with van der Waals surface area (Å²) in [6.45, 7) is 8.07. The van der Waals surface area contributed by atoms with Gasteiger partial charge in [0.25, 0.3) is 0 Å². The molecule has 0 saturated heterocycles. The molecule has 0 aliphatic carbocycles. The Morgan fingerprint density at radius 1 is 1.50 bits per heavy atom. The zero-order chi connectivity index (χ0) is 12.3. The molecule has 1 aromatic rings. The Morgan fingerprint density at radius 2 is 2.12 bits per heavy atom. The SMILES string of the molecule is CCc1cn(C)c(N(C)CC(C)(C)CN)n1. The number of hydrogen-bond acceptors (Lipinski definition) is 3. The van der Waals surface area contributed by atoms with E-state index in [0.29, 0.717) is 6.54 Å². The summed E-state index contributed by atoms with van der Waals surface area (Å²) < 4.78 is 2.07. The molecule has 16 heavy (non-hydrogen) atoms. The van der Waals surface area contributed by atoms with Gasteiger partial charge in [0.2, 0.25) is 5.95 Å². The van der Waals surface area contributed by atoms with Crippen LogP contribution >= 0.6 is 0 Å². The first-order valence-corrected chi connectivity index (χ1v) is 5.83. The van der Waals surface area contributed by atoms with Crippen molar-refractivity contribution in [1.82, 2.24) is 9.55 Å². The normalized spacial score (nSPS) is 11.9. The number of hydrogen-bond donors (Lipinski definition) is 1. The average molecular weight is 224 g/mol. The number of aromatic nitrogens is 2. The Bertz CT molecular complexity index is 341. The van der Waals surface area contributed by atoms with Crippen LogP contribution in [0.3, 0.4) is 0 Å². The molecule has 92 valence electrons. The van der Waals surface area contributed by atoms with Crippen LogP contribution in [0, 0.1) is 5.41 Å².